The van der Waals surface area contributed by atoms with Crippen LogP contribution in [0.4, 0.5) is 5.69 Å². The van der Waals surface area contributed by atoms with Crippen LogP contribution in [0.1, 0.15) is 35.2 Å². The van der Waals surface area contributed by atoms with Crippen LogP contribution >= 0.6 is 0 Å². The van der Waals surface area contributed by atoms with Crippen LogP contribution in [0.15, 0.2) is 78.4 Å². The minimum absolute atomic E-state index is 0.0475. The lowest BCUT2D eigenvalue weighted by atomic mass is 9.92. The number of hydrogen-bond acceptors (Lipinski definition) is 6. The number of aliphatic hydroxyl groups is 1. The number of hydrogen-bond donors (Lipinski definition) is 2. The number of aliphatic hydroxyl groups excluding tert-OH is 1. The van der Waals surface area contributed by atoms with Crippen LogP contribution in [0.25, 0.3) is 16.5 Å². The number of rotatable bonds is 6. The first-order chi connectivity index (χ1) is 18.8. The normalized spacial score (nSPS) is 16.6. The minimum Gasteiger partial charge on any atom is -0.507 e. The molecule has 0 aliphatic carbocycles. The van der Waals surface area contributed by atoms with Crippen LogP contribution in [-0.4, -0.2) is 35.6 Å². The van der Waals surface area contributed by atoms with Crippen molar-refractivity contribution in [2.45, 2.75) is 26.8 Å². The zero-order chi connectivity index (χ0) is 27.8. The number of carbonyl (C=O) groups excluding carboxylic acids is 2. The number of aryl methyl sites for hydroxylation is 2. The fourth-order valence-corrected chi connectivity index (χ4v) is 5.20. The van der Waals surface area contributed by atoms with Gasteiger partial charge in [0.15, 0.2) is 11.5 Å². The molecule has 1 unspecified atom stereocenters. The van der Waals surface area contributed by atoms with E-state index in [9.17, 15) is 19.8 Å². The van der Waals surface area contributed by atoms with Gasteiger partial charge >= 0.3 is 0 Å². The maximum atomic E-state index is 13.7. The Labute approximate surface area is 226 Å². The molecule has 0 saturated carbocycles. The summed E-state index contributed by atoms with van der Waals surface area (Å²) in [4.78, 5) is 28.9. The lowest BCUT2D eigenvalue weighted by Crippen LogP contribution is -2.29. The number of benzene rings is 4. The summed E-state index contributed by atoms with van der Waals surface area (Å²) >= 11 is 0. The molecule has 1 fully saturated rings. The SMILES string of the molecule is CCOc1cc(C2/C(=C(\O)c3cc(C)c(OC)cc3C)C(=O)C(=O)N2c2cccc3ccccc23)ccc1O. The summed E-state index contributed by atoms with van der Waals surface area (Å²) < 4.78 is 11.0. The summed E-state index contributed by atoms with van der Waals surface area (Å²) in [6, 6.07) is 20.4. The molecule has 7 nitrogen and oxygen atoms in total. The number of nitrogens with zero attached hydrogens (tertiary/aromatic N) is 1. The number of ether oxygens (including phenoxy) is 2. The quantitative estimate of drug-likeness (QED) is 0.178. The predicted molar refractivity (Wildman–Crippen MR) is 150 cm³/mol. The summed E-state index contributed by atoms with van der Waals surface area (Å²) in [5.41, 5.74) is 2.88. The van der Waals surface area contributed by atoms with E-state index in [4.69, 9.17) is 9.47 Å². The van der Waals surface area contributed by atoms with E-state index in [1.807, 2.05) is 43.3 Å². The molecule has 39 heavy (non-hydrogen) atoms. The molecule has 1 aliphatic rings. The van der Waals surface area contributed by atoms with Crippen LogP contribution in [0.2, 0.25) is 0 Å². The number of ketones is 1. The summed E-state index contributed by atoms with van der Waals surface area (Å²) in [7, 11) is 1.57. The first kappa shape index (κ1) is 25.9. The number of aromatic hydroxyl groups is 1. The van der Waals surface area contributed by atoms with Crippen molar-refractivity contribution in [2.24, 2.45) is 0 Å². The van der Waals surface area contributed by atoms with Gasteiger partial charge < -0.3 is 19.7 Å². The van der Waals surface area contributed by atoms with Crippen LogP contribution in [0.5, 0.6) is 17.2 Å². The number of phenols is 1. The highest BCUT2D eigenvalue weighted by atomic mass is 16.5. The molecule has 1 saturated heterocycles. The van der Waals surface area contributed by atoms with Crippen LogP contribution in [0, 0.1) is 13.8 Å². The Balaban J connectivity index is 1.80. The molecule has 198 valence electrons. The molecule has 0 bridgehead atoms. The summed E-state index contributed by atoms with van der Waals surface area (Å²) in [6.07, 6.45) is 0. The van der Waals surface area contributed by atoms with E-state index >= 15 is 0 Å². The Morgan fingerprint density at radius 2 is 1.67 bits per heavy atom. The van der Waals surface area contributed by atoms with Gasteiger partial charge in [0.25, 0.3) is 11.7 Å². The Morgan fingerprint density at radius 1 is 0.923 bits per heavy atom. The van der Waals surface area contributed by atoms with Gasteiger partial charge in [0, 0.05) is 10.9 Å². The zero-order valence-corrected chi connectivity index (χ0v) is 22.2. The van der Waals surface area contributed by atoms with Crippen LogP contribution in [0.3, 0.4) is 0 Å². The summed E-state index contributed by atoms with van der Waals surface area (Å²) in [6.45, 7) is 5.75. The highest BCUT2D eigenvalue weighted by Gasteiger charge is 2.47. The predicted octanol–water partition coefficient (Wildman–Crippen LogP) is 6.20. The smallest absolute Gasteiger partial charge is 0.300 e. The number of methoxy groups -OCH3 is 1. The maximum absolute atomic E-state index is 13.7. The Kier molecular flexibility index (Phi) is 6.74. The molecule has 0 spiro atoms. The first-order valence-electron chi connectivity index (χ1n) is 12.7. The van der Waals surface area contributed by atoms with Gasteiger partial charge in [0.2, 0.25) is 0 Å². The van der Waals surface area contributed by atoms with Crippen molar-refractivity contribution >= 4 is 33.9 Å². The molecule has 0 aromatic heterocycles. The van der Waals surface area contributed by atoms with Crippen molar-refractivity contribution in [3.63, 3.8) is 0 Å². The van der Waals surface area contributed by atoms with Gasteiger partial charge in [-0.05, 0) is 73.2 Å². The average Bonchev–Trinajstić information content (AvgIpc) is 3.20. The van der Waals surface area contributed by atoms with Crippen LogP contribution < -0.4 is 14.4 Å². The molecule has 4 aromatic rings. The van der Waals surface area contributed by atoms with Crippen molar-refractivity contribution in [2.75, 3.05) is 18.6 Å². The first-order valence-corrected chi connectivity index (χ1v) is 12.7. The minimum atomic E-state index is -0.975. The van der Waals surface area contributed by atoms with E-state index < -0.39 is 17.7 Å². The van der Waals surface area contributed by atoms with E-state index in [0.717, 1.165) is 16.3 Å². The number of anilines is 1. The molecule has 1 atom stereocenters. The highest BCUT2D eigenvalue weighted by molar-refractivity contribution is 6.52. The highest BCUT2D eigenvalue weighted by Crippen LogP contribution is 2.46. The number of amides is 1. The van der Waals surface area contributed by atoms with Crippen molar-refractivity contribution in [3.05, 3.63) is 101 Å². The van der Waals surface area contributed by atoms with Crippen LogP contribution in [-0.2, 0) is 9.59 Å². The van der Waals surface area contributed by atoms with Gasteiger partial charge in [-0.1, -0.05) is 42.5 Å². The molecule has 1 heterocycles. The molecular weight excluding hydrogens is 494 g/mol. The average molecular weight is 524 g/mol. The number of phenolic OH excluding ortho intramolecular Hbond substituents is 1. The van der Waals surface area contributed by atoms with E-state index in [-0.39, 0.29) is 22.8 Å². The Bertz CT molecular complexity index is 1650. The fourth-order valence-electron chi connectivity index (χ4n) is 5.20. The second kappa shape index (κ2) is 10.2. The second-order valence-corrected chi connectivity index (χ2v) is 9.46. The Hall–Kier alpha value is -4.78. The maximum Gasteiger partial charge on any atom is 0.300 e. The molecule has 0 radical (unpaired) electrons. The lowest BCUT2D eigenvalue weighted by Gasteiger charge is -2.27. The number of carbonyl (C=O) groups is 2. The van der Waals surface area contributed by atoms with E-state index in [2.05, 4.69) is 0 Å². The van der Waals surface area contributed by atoms with Crippen molar-refractivity contribution < 1.29 is 29.3 Å². The molecular formula is C32H29NO6. The van der Waals surface area contributed by atoms with Gasteiger partial charge in [0.1, 0.15) is 11.5 Å². The van der Waals surface area contributed by atoms with E-state index in [0.29, 0.717) is 34.7 Å². The topological polar surface area (TPSA) is 96.3 Å². The molecule has 7 heteroatoms. The molecule has 2 N–H and O–H groups in total. The van der Waals surface area contributed by atoms with Gasteiger partial charge in [-0.25, -0.2) is 0 Å². The second-order valence-electron chi connectivity index (χ2n) is 9.46. The van der Waals surface area contributed by atoms with Gasteiger partial charge in [-0.15, -0.1) is 0 Å². The standard InChI is InChI=1S/C32H29NO6/c1-5-39-27-17-21(13-14-25(27)34)29-28(30(35)23-15-19(3)26(38-4)16-18(23)2)31(36)32(37)33(29)24-12-8-10-20-9-6-7-11-22(20)24/h6-17,29,34-35H,5H2,1-4H3/b30-28+. The third-order valence-electron chi connectivity index (χ3n) is 7.07. The Morgan fingerprint density at radius 3 is 2.41 bits per heavy atom. The fraction of sp³-hybridized carbons (Fsp3) is 0.188. The third kappa shape index (κ3) is 4.36. The largest absolute Gasteiger partial charge is 0.507 e. The third-order valence-corrected chi connectivity index (χ3v) is 7.07. The summed E-state index contributed by atoms with van der Waals surface area (Å²) in [5, 5.41) is 23.7. The van der Waals surface area contributed by atoms with E-state index in [1.165, 1.54) is 11.0 Å². The van der Waals surface area contributed by atoms with Gasteiger partial charge in [-0.3, -0.25) is 14.5 Å². The van der Waals surface area contributed by atoms with E-state index in [1.54, 1.807) is 51.3 Å². The molecule has 1 amide bonds. The van der Waals surface area contributed by atoms with Crippen molar-refractivity contribution in [1.29, 1.82) is 0 Å². The summed E-state index contributed by atoms with van der Waals surface area (Å²) in [5.74, 6) is -1.04. The van der Waals surface area contributed by atoms with Gasteiger partial charge in [0.05, 0.1) is 31.0 Å². The molecule has 4 aromatic carbocycles. The lowest BCUT2D eigenvalue weighted by molar-refractivity contribution is -0.132. The molecule has 5 rings (SSSR count). The molecule has 1 aliphatic heterocycles. The van der Waals surface area contributed by atoms with Crippen molar-refractivity contribution in [3.8, 4) is 17.2 Å². The monoisotopic (exact) mass is 523 g/mol. The van der Waals surface area contributed by atoms with Crippen molar-refractivity contribution in [1.82, 2.24) is 0 Å². The number of Topliss-reactive ketones (excluding diaryl/α,β-unsaturated/α-hetero) is 1. The van der Waals surface area contributed by atoms with Gasteiger partial charge in [-0.2, -0.15) is 0 Å². The number of fused-ring (bicyclic) bond motifs is 1. The zero-order valence-electron chi connectivity index (χ0n) is 22.2.